The van der Waals surface area contributed by atoms with E-state index in [9.17, 15) is 27.1 Å². The normalized spacial score (nSPS) is 22.6. The van der Waals surface area contributed by atoms with Crippen LogP contribution >= 0.6 is 0 Å². The topological polar surface area (TPSA) is 86.7 Å². The number of likely N-dealkylation sites (tertiary alicyclic amines) is 1. The Balaban J connectivity index is 2.16. The van der Waals surface area contributed by atoms with Gasteiger partial charge >= 0.3 is 0 Å². The van der Waals surface area contributed by atoms with Gasteiger partial charge in [0.15, 0.2) is 0 Å². The number of benzene rings is 1. The highest BCUT2D eigenvalue weighted by Gasteiger charge is 2.36. The molecule has 0 radical (unpaired) electrons. The van der Waals surface area contributed by atoms with Crippen LogP contribution in [0.2, 0.25) is 0 Å². The number of nitrogens with zero attached hydrogens (tertiary/aromatic N) is 1. The van der Waals surface area contributed by atoms with Gasteiger partial charge in [0.2, 0.25) is 10.0 Å². The molecule has 0 bridgehead atoms. The molecule has 2 rings (SSSR count). The average molecular weight is 320 g/mol. The average Bonchev–Trinajstić information content (AvgIpc) is 2.71. The Kier molecular flexibility index (Phi) is 4.26. The van der Waals surface area contributed by atoms with Crippen LogP contribution in [0.5, 0.6) is 0 Å². The van der Waals surface area contributed by atoms with Crippen molar-refractivity contribution >= 4 is 15.9 Å². The van der Waals surface area contributed by atoms with Crippen LogP contribution in [-0.2, 0) is 10.0 Å². The summed E-state index contributed by atoms with van der Waals surface area (Å²) in [4.78, 5) is 13.2. The molecule has 1 aromatic rings. The van der Waals surface area contributed by atoms with E-state index in [1.807, 2.05) is 0 Å². The number of β-amino-alcohol motifs (C(OH)–C–C–N with tert-alkyl or cyclic N) is 1. The van der Waals surface area contributed by atoms with Gasteiger partial charge in [0.05, 0.1) is 24.0 Å². The molecular weight excluding hydrogens is 306 g/mol. The van der Waals surface area contributed by atoms with E-state index < -0.39 is 45.3 Å². The summed E-state index contributed by atoms with van der Waals surface area (Å²) in [5.74, 6) is -2.44. The molecule has 9 heteroatoms. The lowest BCUT2D eigenvalue weighted by Crippen LogP contribution is -2.42. The van der Waals surface area contributed by atoms with Gasteiger partial charge < -0.3 is 10.0 Å². The second-order valence-corrected chi connectivity index (χ2v) is 6.68. The van der Waals surface area contributed by atoms with Gasteiger partial charge in [-0.15, -0.1) is 0 Å². The maximum absolute atomic E-state index is 13.6. The molecule has 116 valence electrons. The van der Waals surface area contributed by atoms with E-state index in [1.54, 1.807) is 0 Å². The van der Waals surface area contributed by atoms with Gasteiger partial charge in [-0.1, -0.05) is 0 Å². The third-order valence-corrected chi connectivity index (χ3v) is 3.83. The number of sulfonamides is 1. The summed E-state index contributed by atoms with van der Waals surface area (Å²) < 4.78 is 51.1. The molecular formula is C12H14F2N2O4S. The van der Waals surface area contributed by atoms with Crippen molar-refractivity contribution in [3.05, 3.63) is 35.4 Å². The van der Waals surface area contributed by atoms with Crippen molar-refractivity contribution in [1.29, 1.82) is 0 Å². The zero-order valence-electron chi connectivity index (χ0n) is 11.1. The van der Waals surface area contributed by atoms with E-state index in [-0.39, 0.29) is 13.1 Å². The van der Waals surface area contributed by atoms with Crippen LogP contribution < -0.4 is 4.72 Å². The molecule has 1 fully saturated rings. The van der Waals surface area contributed by atoms with Crippen LogP contribution in [0.1, 0.15) is 10.4 Å². The Labute approximate surface area is 120 Å². The van der Waals surface area contributed by atoms with Gasteiger partial charge in [-0.3, -0.25) is 4.79 Å². The van der Waals surface area contributed by atoms with Crippen molar-refractivity contribution in [3.63, 3.8) is 0 Å². The lowest BCUT2D eigenvalue weighted by molar-refractivity contribution is 0.0759. The minimum atomic E-state index is -3.55. The van der Waals surface area contributed by atoms with E-state index in [4.69, 9.17) is 0 Å². The van der Waals surface area contributed by atoms with Gasteiger partial charge in [-0.25, -0.2) is 21.9 Å². The summed E-state index contributed by atoms with van der Waals surface area (Å²) in [7, 11) is -3.55. The zero-order chi connectivity index (χ0) is 15.8. The predicted octanol–water partition coefficient (Wildman–Crippen LogP) is -0.301. The summed E-state index contributed by atoms with van der Waals surface area (Å²) in [6.07, 6.45) is -0.184. The first-order valence-corrected chi connectivity index (χ1v) is 7.96. The van der Waals surface area contributed by atoms with Crippen LogP contribution in [0.3, 0.4) is 0 Å². The number of carbonyl (C=O) groups is 1. The minimum absolute atomic E-state index is 0.122. The molecule has 0 aliphatic carbocycles. The number of halogens is 2. The second-order valence-electron chi connectivity index (χ2n) is 4.90. The molecule has 21 heavy (non-hydrogen) atoms. The summed E-state index contributed by atoms with van der Waals surface area (Å²) >= 11 is 0. The fraction of sp³-hybridized carbons (Fsp3) is 0.417. The van der Waals surface area contributed by atoms with Crippen molar-refractivity contribution < 1.29 is 27.1 Å². The Morgan fingerprint density at radius 2 is 2.05 bits per heavy atom. The molecule has 1 amide bonds. The smallest absolute Gasteiger partial charge is 0.257 e. The van der Waals surface area contributed by atoms with E-state index in [0.29, 0.717) is 0 Å². The number of rotatable bonds is 3. The molecule has 1 aromatic carbocycles. The molecule has 0 saturated carbocycles. The van der Waals surface area contributed by atoms with Crippen molar-refractivity contribution in [2.24, 2.45) is 0 Å². The summed E-state index contributed by atoms with van der Waals surface area (Å²) in [5.41, 5.74) is -0.456. The lowest BCUT2D eigenvalue weighted by Gasteiger charge is -2.16. The first-order chi connectivity index (χ1) is 9.67. The molecule has 0 unspecified atom stereocenters. The van der Waals surface area contributed by atoms with Crippen molar-refractivity contribution in [1.82, 2.24) is 9.62 Å². The Bertz CT molecular complexity index is 665. The largest absolute Gasteiger partial charge is 0.390 e. The van der Waals surface area contributed by atoms with Crippen LogP contribution in [0.4, 0.5) is 8.78 Å². The number of carbonyl (C=O) groups excluding carboxylic acids is 1. The molecule has 1 heterocycles. The number of amides is 1. The molecule has 2 N–H and O–H groups in total. The van der Waals surface area contributed by atoms with Gasteiger partial charge in [-0.05, 0) is 18.2 Å². The first-order valence-electron chi connectivity index (χ1n) is 6.07. The number of hydrogen-bond acceptors (Lipinski definition) is 4. The van der Waals surface area contributed by atoms with Gasteiger partial charge in [-0.2, -0.15) is 0 Å². The summed E-state index contributed by atoms with van der Waals surface area (Å²) in [6.45, 7) is -0.287. The Morgan fingerprint density at radius 3 is 2.67 bits per heavy atom. The Hall–Kier alpha value is -1.58. The van der Waals surface area contributed by atoms with Crippen molar-refractivity contribution in [3.8, 4) is 0 Å². The lowest BCUT2D eigenvalue weighted by atomic mass is 10.2. The van der Waals surface area contributed by atoms with E-state index in [1.165, 1.54) is 0 Å². The fourth-order valence-corrected chi connectivity index (χ4v) is 2.96. The molecule has 0 spiro atoms. The molecule has 6 nitrogen and oxygen atoms in total. The second kappa shape index (κ2) is 5.66. The third-order valence-electron chi connectivity index (χ3n) is 3.10. The standard InChI is InChI=1S/C12H14F2N2O4S/c1-21(19,20)15-10-5-16(6-11(10)17)12(18)8-4-7(13)2-3-9(8)14/h2-4,10-11,15,17H,5-6H2,1H3/t10-,11-/m1/s1. The summed E-state index contributed by atoms with van der Waals surface area (Å²) in [6, 6.07) is 1.61. The maximum atomic E-state index is 13.6. The van der Waals surface area contributed by atoms with Crippen molar-refractivity contribution in [2.75, 3.05) is 19.3 Å². The van der Waals surface area contributed by atoms with Gasteiger partial charge in [0, 0.05) is 13.1 Å². The molecule has 2 atom stereocenters. The number of aliphatic hydroxyl groups excluding tert-OH is 1. The Morgan fingerprint density at radius 1 is 1.38 bits per heavy atom. The maximum Gasteiger partial charge on any atom is 0.257 e. The van der Waals surface area contributed by atoms with Crippen LogP contribution in [0.25, 0.3) is 0 Å². The number of aliphatic hydroxyl groups is 1. The molecule has 1 aliphatic heterocycles. The van der Waals surface area contributed by atoms with Gasteiger partial charge in [0.25, 0.3) is 5.91 Å². The van der Waals surface area contributed by atoms with Crippen molar-refractivity contribution in [2.45, 2.75) is 12.1 Å². The highest BCUT2D eigenvalue weighted by Crippen LogP contribution is 2.17. The SMILES string of the molecule is CS(=O)(=O)N[C@@H]1CN(C(=O)c2cc(F)ccc2F)C[C@H]1O. The van der Waals surface area contributed by atoms with Crippen LogP contribution in [0.15, 0.2) is 18.2 Å². The zero-order valence-corrected chi connectivity index (χ0v) is 11.9. The van der Waals surface area contributed by atoms with E-state index in [2.05, 4.69) is 4.72 Å². The van der Waals surface area contributed by atoms with Gasteiger partial charge in [0.1, 0.15) is 11.6 Å². The van der Waals surface area contributed by atoms with Crippen LogP contribution in [-0.4, -0.2) is 55.8 Å². The number of nitrogens with one attached hydrogen (secondary N) is 1. The van der Waals surface area contributed by atoms with Crippen LogP contribution in [0, 0.1) is 11.6 Å². The summed E-state index contributed by atoms with van der Waals surface area (Å²) in [5, 5.41) is 9.75. The molecule has 1 aliphatic rings. The van der Waals surface area contributed by atoms with E-state index in [0.717, 1.165) is 29.4 Å². The highest BCUT2D eigenvalue weighted by atomic mass is 32.2. The fourth-order valence-electron chi connectivity index (χ4n) is 2.18. The quantitative estimate of drug-likeness (QED) is 0.800. The monoisotopic (exact) mass is 320 g/mol. The molecule has 0 aromatic heterocycles. The minimum Gasteiger partial charge on any atom is -0.390 e. The molecule has 1 saturated heterocycles. The third kappa shape index (κ3) is 3.74. The predicted molar refractivity (Wildman–Crippen MR) is 70.0 cm³/mol. The first kappa shape index (κ1) is 15.8. The number of hydrogen-bond donors (Lipinski definition) is 2. The highest BCUT2D eigenvalue weighted by molar-refractivity contribution is 7.88. The van der Waals surface area contributed by atoms with E-state index >= 15 is 0 Å².